The van der Waals surface area contributed by atoms with E-state index in [1.165, 1.54) is 24.0 Å². The van der Waals surface area contributed by atoms with Crippen molar-refractivity contribution in [3.8, 4) is 0 Å². The molecule has 1 aromatic rings. The first kappa shape index (κ1) is 11.3. The minimum absolute atomic E-state index is 0.793. The number of rotatable bonds is 4. The molecular formula is C14H22. The SMILES string of the molecule is CC[C@H](C)C(C)Cc1ccccc1C. The van der Waals surface area contributed by atoms with Crippen molar-refractivity contribution >= 4 is 0 Å². The minimum Gasteiger partial charge on any atom is -0.0651 e. The molecule has 78 valence electrons. The third-order valence-corrected chi connectivity index (χ3v) is 3.42. The number of hydrogen-bond donors (Lipinski definition) is 0. The lowest BCUT2D eigenvalue weighted by atomic mass is 9.87. The van der Waals surface area contributed by atoms with Crippen LogP contribution in [0.15, 0.2) is 24.3 Å². The van der Waals surface area contributed by atoms with Gasteiger partial charge in [-0.25, -0.2) is 0 Å². The van der Waals surface area contributed by atoms with Gasteiger partial charge in [-0.15, -0.1) is 0 Å². The van der Waals surface area contributed by atoms with Crippen LogP contribution >= 0.6 is 0 Å². The quantitative estimate of drug-likeness (QED) is 0.667. The number of aryl methyl sites for hydroxylation is 1. The molecule has 0 saturated heterocycles. The molecular weight excluding hydrogens is 168 g/mol. The van der Waals surface area contributed by atoms with Crippen LogP contribution in [0, 0.1) is 18.8 Å². The van der Waals surface area contributed by atoms with E-state index in [0.717, 1.165) is 11.8 Å². The Hall–Kier alpha value is -0.780. The lowest BCUT2D eigenvalue weighted by Gasteiger charge is -2.19. The molecule has 2 atom stereocenters. The molecule has 0 aliphatic heterocycles. The molecule has 14 heavy (non-hydrogen) atoms. The predicted octanol–water partition coefficient (Wildman–Crippen LogP) is 4.22. The predicted molar refractivity (Wildman–Crippen MR) is 63.5 cm³/mol. The highest BCUT2D eigenvalue weighted by Crippen LogP contribution is 2.21. The fourth-order valence-electron chi connectivity index (χ4n) is 1.79. The summed E-state index contributed by atoms with van der Waals surface area (Å²) in [5, 5.41) is 0. The van der Waals surface area contributed by atoms with Crippen LogP contribution in [-0.4, -0.2) is 0 Å². The van der Waals surface area contributed by atoms with Gasteiger partial charge in [-0.05, 0) is 36.3 Å². The van der Waals surface area contributed by atoms with Gasteiger partial charge in [0.05, 0.1) is 0 Å². The van der Waals surface area contributed by atoms with Gasteiger partial charge >= 0.3 is 0 Å². The van der Waals surface area contributed by atoms with E-state index in [4.69, 9.17) is 0 Å². The second-order valence-corrected chi connectivity index (χ2v) is 4.49. The van der Waals surface area contributed by atoms with Crippen molar-refractivity contribution in [2.24, 2.45) is 11.8 Å². The van der Waals surface area contributed by atoms with Crippen LogP contribution in [0.5, 0.6) is 0 Å². The molecule has 0 saturated carbocycles. The Balaban J connectivity index is 2.64. The van der Waals surface area contributed by atoms with Crippen LogP contribution in [0.4, 0.5) is 0 Å². The molecule has 0 nitrogen and oxygen atoms in total. The first-order valence-electron chi connectivity index (χ1n) is 5.69. The zero-order chi connectivity index (χ0) is 10.6. The van der Waals surface area contributed by atoms with E-state index in [-0.39, 0.29) is 0 Å². The Bertz CT molecular complexity index is 275. The van der Waals surface area contributed by atoms with Crippen LogP contribution in [0.2, 0.25) is 0 Å². The third-order valence-electron chi connectivity index (χ3n) is 3.42. The van der Waals surface area contributed by atoms with Gasteiger partial charge in [0.1, 0.15) is 0 Å². The molecule has 0 amide bonds. The Morgan fingerprint density at radius 1 is 1.07 bits per heavy atom. The lowest BCUT2D eigenvalue weighted by Crippen LogP contribution is -2.10. The maximum atomic E-state index is 2.36. The molecule has 1 unspecified atom stereocenters. The molecule has 0 aliphatic carbocycles. The fourth-order valence-corrected chi connectivity index (χ4v) is 1.79. The van der Waals surface area contributed by atoms with Crippen LogP contribution in [-0.2, 0) is 6.42 Å². The third kappa shape index (κ3) is 2.87. The summed E-state index contributed by atoms with van der Waals surface area (Å²) in [7, 11) is 0. The van der Waals surface area contributed by atoms with Crippen LogP contribution in [0.25, 0.3) is 0 Å². The lowest BCUT2D eigenvalue weighted by molar-refractivity contribution is 0.375. The fraction of sp³-hybridized carbons (Fsp3) is 0.571. The molecule has 0 spiro atoms. The smallest absolute Gasteiger partial charge is 0.0248 e. The van der Waals surface area contributed by atoms with Gasteiger partial charge in [-0.2, -0.15) is 0 Å². The van der Waals surface area contributed by atoms with Crippen LogP contribution in [0.3, 0.4) is 0 Å². The summed E-state index contributed by atoms with van der Waals surface area (Å²) < 4.78 is 0. The zero-order valence-electron chi connectivity index (χ0n) is 9.88. The van der Waals surface area contributed by atoms with Gasteiger partial charge in [0, 0.05) is 0 Å². The highest BCUT2D eigenvalue weighted by Gasteiger charge is 2.11. The maximum Gasteiger partial charge on any atom is -0.0248 e. The van der Waals surface area contributed by atoms with Gasteiger partial charge < -0.3 is 0 Å². The van der Waals surface area contributed by atoms with E-state index < -0.39 is 0 Å². The van der Waals surface area contributed by atoms with Crippen molar-refractivity contribution in [2.45, 2.75) is 40.5 Å². The average molecular weight is 190 g/mol. The van der Waals surface area contributed by atoms with Gasteiger partial charge in [-0.3, -0.25) is 0 Å². The molecule has 0 aliphatic rings. The van der Waals surface area contributed by atoms with E-state index in [0.29, 0.717) is 0 Å². The Labute approximate surface area is 88.4 Å². The highest BCUT2D eigenvalue weighted by atomic mass is 14.2. The van der Waals surface area contributed by atoms with Crippen LogP contribution in [0.1, 0.15) is 38.3 Å². The van der Waals surface area contributed by atoms with Crippen molar-refractivity contribution in [3.63, 3.8) is 0 Å². The van der Waals surface area contributed by atoms with Crippen molar-refractivity contribution in [1.82, 2.24) is 0 Å². The standard InChI is InChI=1S/C14H22/c1-5-11(2)13(4)10-14-9-7-6-8-12(14)3/h6-9,11,13H,5,10H2,1-4H3/t11-,13?/m0/s1. The second-order valence-electron chi connectivity index (χ2n) is 4.49. The topological polar surface area (TPSA) is 0 Å². The van der Waals surface area contributed by atoms with Crippen molar-refractivity contribution < 1.29 is 0 Å². The molecule has 0 heteroatoms. The van der Waals surface area contributed by atoms with E-state index in [1.807, 2.05) is 0 Å². The first-order valence-corrected chi connectivity index (χ1v) is 5.69. The zero-order valence-corrected chi connectivity index (χ0v) is 9.88. The summed E-state index contributed by atoms with van der Waals surface area (Å²) in [4.78, 5) is 0. The minimum atomic E-state index is 0.793. The summed E-state index contributed by atoms with van der Waals surface area (Å²) in [6.45, 7) is 9.20. The molecule has 0 fully saturated rings. The normalized spacial score (nSPS) is 15.1. The van der Waals surface area contributed by atoms with Gasteiger partial charge in [0.15, 0.2) is 0 Å². The first-order chi connectivity index (χ1) is 6.65. The van der Waals surface area contributed by atoms with Crippen molar-refractivity contribution in [2.75, 3.05) is 0 Å². The number of hydrogen-bond acceptors (Lipinski definition) is 0. The summed E-state index contributed by atoms with van der Waals surface area (Å²) in [6.07, 6.45) is 2.51. The van der Waals surface area contributed by atoms with E-state index in [2.05, 4.69) is 52.0 Å². The molecule has 0 heterocycles. The van der Waals surface area contributed by atoms with Gasteiger partial charge in [-0.1, -0.05) is 51.5 Å². The molecule has 0 radical (unpaired) electrons. The van der Waals surface area contributed by atoms with Crippen molar-refractivity contribution in [3.05, 3.63) is 35.4 Å². The van der Waals surface area contributed by atoms with E-state index in [1.54, 1.807) is 0 Å². The Morgan fingerprint density at radius 3 is 2.29 bits per heavy atom. The summed E-state index contributed by atoms with van der Waals surface area (Å²) >= 11 is 0. The largest absolute Gasteiger partial charge is 0.0651 e. The van der Waals surface area contributed by atoms with E-state index in [9.17, 15) is 0 Å². The van der Waals surface area contributed by atoms with Gasteiger partial charge in [0.2, 0.25) is 0 Å². The molecule has 0 aromatic heterocycles. The van der Waals surface area contributed by atoms with Crippen LogP contribution < -0.4 is 0 Å². The highest BCUT2D eigenvalue weighted by molar-refractivity contribution is 5.25. The van der Waals surface area contributed by atoms with Crippen molar-refractivity contribution in [1.29, 1.82) is 0 Å². The molecule has 1 aromatic carbocycles. The monoisotopic (exact) mass is 190 g/mol. The molecule has 0 bridgehead atoms. The summed E-state index contributed by atoms with van der Waals surface area (Å²) in [5.74, 6) is 1.62. The molecule has 1 rings (SSSR count). The Kier molecular flexibility index (Phi) is 4.19. The Morgan fingerprint density at radius 2 is 1.71 bits per heavy atom. The molecule has 0 N–H and O–H groups in total. The van der Waals surface area contributed by atoms with E-state index >= 15 is 0 Å². The summed E-state index contributed by atoms with van der Waals surface area (Å²) in [5.41, 5.74) is 2.95. The summed E-state index contributed by atoms with van der Waals surface area (Å²) in [6, 6.07) is 8.73. The second kappa shape index (κ2) is 5.19. The average Bonchev–Trinajstić information content (AvgIpc) is 2.20. The number of benzene rings is 1. The van der Waals surface area contributed by atoms with Gasteiger partial charge in [0.25, 0.3) is 0 Å². The maximum absolute atomic E-state index is 2.36.